The number of benzene rings is 2. The average molecular weight is 371 g/mol. The fourth-order valence-electron chi connectivity index (χ4n) is 1.54. The van der Waals surface area contributed by atoms with Gasteiger partial charge in [-0.15, -0.1) is 0 Å². The number of para-hydroxylation sites is 1. The number of amides is 1. The van der Waals surface area contributed by atoms with Crippen molar-refractivity contribution < 1.29 is 4.79 Å². The first-order valence-corrected chi connectivity index (χ1v) is 7.30. The van der Waals surface area contributed by atoms with Crippen LogP contribution in [-0.2, 0) is 4.79 Å². The summed E-state index contributed by atoms with van der Waals surface area (Å²) in [5, 5.41) is 3.83. The summed E-state index contributed by atoms with van der Waals surface area (Å²) in [4.78, 5) is 11.8. The molecule has 0 saturated heterocycles. The lowest BCUT2D eigenvalue weighted by molar-refractivity contribution is -0.111. The highest BCUT2D eigenvalue weighted by atomic mass is 79.9. The fraction of sp³-hybridized carbons (Fsp3) is 0. The summed E-state index contributed by atoms with van der Waals surface area (Å²) in [6.45, 7) is 0. The molecule has 0 spiro atoms. The van der Waals surface area contributed by atoms with Crippen molar-refractivity contribution in [2.75, 3.05) is 5.32 Å². The van der Waals surface area contributed by atoms with Crippen LogP contribution in [-0.4, -0.2) is 5.91 Å². The van der Waals surface area contributed by atoms with Gasteiger partial charge in [-0.1, -0.05) is 41.4 Å². The Morgan fingerprint density at radius 1 is 1.15 bits per heavy atom. The Bertz CT molecular complexity index is 671. The zero-order valence-corrected chi connectivity index (χ0v) is 13.3. The second-order valence-electron chi connectivity index (χ2n) is 3.97. The van der Waals surface area contributed by atoms with Gasteiger partial charge in [0.05, 0.1) is 5.69 Å². The molecule has 1 N–H and O–H groups in total. The van der Waals surface area contributed by atoms with E-state index in [-0.39, 0.29) is 5.91 Å². The second kappa shape index (κ2) is 6.93. The molecule has 2 aromatic carbocycles. The quantitative estimate of drug-likeness (QED) is 0.719. The van der Waals surface area contributed by atoms with Crippen LogP contribution in [0, 0.1) is 0 Å². The van der Waals surface area contributed by atoms with E-state index in [1.807, 2.05) is 24.3 Å². The van der Waals surface area contributed by atoms with E-state index in [0.29, 0.717) is 15.7 Å². The van der Waals surface area contributed by atoms with Crippen LogP contribution in [0.1, 0.15) is 5.56 Å². The van der Waals surface area contributed by atoms with E-state index in [9.17, 15) is 4.79 Å². The lowest BCUT2D eigenvalue weighted by Gasteiger charge is -2.04. The van der Waals surface area contributed by atoms with Crippen molar-refractivity contribution in [1.82, 2.24) is 0 Å². The summed E-state index contributed by atoms with van der Waals surface area (Å²) in [6.07, 6.45) is 3.07. The largest absolute Gasteiger partial charge is 0.321 e. The zero-order chi connectivity index (χ0) is 14.5. The Kier molecular flexibility index (Phi) is 5.24. The van der Waals surface area contributed by atoms with Gasteiger partial charge in [-0.3, -0.25) is 4.79 Å². The molecule has 2 rings (SSSR count). The minimum Gasteiger partial charge on any atom is -0.321 e. The molecule has 1 amide bonds. The minimum absolute atomic E-state index is 0.233. The Hall–Kier alpha value is -1.29. The molecule has 0 bridgehead atoms. The number of hydrogen-bond acceptors (Lipinski definition) is 1. The van der Waals surface area contributed by atoms with Crippen molar-refractivity contribution in [3.63, 3.8) is 0 Å². The molecule has 5 heteroatoms. The van der Waals surface area contributed by atoms with Gasteiger partial charge in [-0.25, -0.2) is 0 Å². The SMILES string of the molecule is O=C(/C=C/c1ccc(Cl)cc1Cl)Nc1ccccc1Br. The number of halogens is 3. The number of rotatable bonds is 3. The molecule has 20 heavy (non-hydrogen) atoms. The standard InChI is InChI=1S/C15H10BrCl2NO/c16-12-3-1-2-4-14(12)19-15(20)8-6-10-5-7-11(17)9-13(10)18/h1-9H,(H,19,20)/b8-6+. The number of nitrogens with one attached hydrogen (secondary N) is 1. The Morgan fingerprint density at radius 2 is 1.90 bits per heavy atom. The van der Waals surface area contributed by atoms with Crippen molar-refractivity contribution in [2.24, 2.45) is 0 Å². The van der Waals surface area contributed by atoms with E-state index in [4.69, 9.17) is 23.2 Å². The summed E-state index contributed by atoms with van der Waals surface area (Å²) < 4.78 is 0.825. The van der Waals surface area contributed by atoms with Crippen LogP contribution in [0.5, 0.6) is 0 Å². The van der Waals surface area contributed by atoms with Gasteiger partial charge in [0.25, 0.3) is 0 Å². The highest BCUT2D eigenvalue weighted by molar-refractivity contribution is 9.10. The van der Waals surface area contributed by atoms with E-state index in [0.717, 1.165) is 10.0 Å². The minimum atomic E-state index is -0.233. The first kappa shape index (κ1) is 15.1. The first-order chi connectivity index (χ1) is 9.56. The van der Waals surface area contributed by atoms with Crippen molar-refractivity contribution >= 4 is 56.8 Å². The van der Waals surface area contributed by atoms with Crippen LogP contribution >= 0.6 is 39.1 Å². The Labute approximate surface area is 135 Å². The molecule has 0 radical (unpaired) electrons. The Morgan fingerprint density at radius 3 is 2.60 bits per heavy atom. The van der Waals surface area contributed by atoms with E-state index in [1.54, 1.807) is 24.3 Å². The highest BCUT2D eigenvalue weighted by Gasteiger charge is 2.02. The fourth-order valence-corrected chi connectivity index (χ4v) is 2.39. The molecule has 0 aliphatic heterocycles. The predicted molar refractivity (Wildman–Crippen MR) is 88.3 cm³/mol. The molecule has 0 saturated carbocycles. The van der Waals surface area contributed by atoms with Crippen LogP contribution in [0.2, 0.25) is 10.0 Å². The lowest BCUT2D eigenvalue weighted by Crippen LogP contribution is -2.08. The molecular weight excluding hydrogens is 361 g/mol. The van der Waals surface area contributed by atoms with E-state index in [1.165, 1.54) is 6.08 Å². The summed E-state index contributed by atoms with van der Waals surface area (Å²) in [6, 6.07) is 12.5. The van der Waals surface area contributed by atoms with Crippen LogP contribution in [0.4, 0.5) is 5.69 Å². The predicted octanol–water partition coefficient (Wildman–Crippen LogP) is 5.41. The number of carbonyl (C=O) groups is 1. The van der Waals surface area contributed by atoms with Crippen molar-refractivity contribution in [3.8, 4) is 0 Å². The van der Waals surface area contributed by atoms with Gasteiger partial charge >= 0.3 is 0 Å². The highest BCUT2D eigenvalue weighted by Crippen LogP contribution is 2.23. The normalized spacial score (nSPS) is 10.8. The van der Waals surface area contributed by atoms with E-state index in [2.05, 4.69) is 21.2 Å². The molecule has 0 unspecified atom stereocenters. The summed E-state index contributed by atoms with van der Waals surface area (Å²) in [5.74, 6) is -0.233. The van der Waals surface area contributed by atoms with E-state index < -0.39 is 0 Å². The second-order valence-corrected chi connectivity index (χ2v) is 5.67. The molecule has 102 valence electrons. The third kappa shape index (κ3) is 4.10. The summed E-state index contributed by atoms with van der Waals surface area (Å²) in [5.41, 5.74) is 1.45. The van der Waals surface area contributed by atoms with Crippen molar-refractivity contribution in [3.05, 3.63) is 68.6 Å². The summed E-state index contributed by atoms with van der Waals surface area (Å²) >= 11 is 15.2. The molecule has 2 aromatic rings. The molecular formula is C15H10BrCl2NO. The Balaban J connectivity index is 2.08. The maximum Gasteiger partial charge on any atom is 0.248 e. The van der Waals surface area contributed by atoms with Gasteiger partial charge in [0, 0.05) is 20.6 Å². The zero-order valence-electron chi connectivity index (χ0n) is 10.2. The molecule has 0 heterocycles. The van der Waals surface area contributed by atoms with Gasteiger partial charge < -0.3 is 5.32 Å². The van der Waals surface area contributed by atoms with Gasteiger partial charge in [0.15, 0.2) is 0 Å². The first-order valence-electron chi connectivity index (χ1n) is 5.75. The lowest BCUT2D eigenvalue weighted by atomic mass is 10.2. The number of anilines is 1. The smallest absolute Gasteiger partial charge is 0.248 e. The molecule has 0 fully saturated rings. The third-order valence-electron chi connectivity index (χ3n) is 2.51. The van der Waals surface area contributed by atoms with Crippen molar-refractivity contribution in [2.45, 2.75) is 0 Å². The third-order valence-corrected chi connectivity index (χ3v) is 3.76. The maximum absolute atomic E-state index is 11.8. The number of carbonyl (C=O) groups excluding carboxylic acids is 1. The maximum atomic E-state index is 11.8. The van der Waals surface area contributed by atoms with Gasteiger partial charge in [0.1, 0.15) is 0 Å². The van der Waals surface area contributed by atoms with E-state index >= 15 is 0 Å². The van der Waals surface area contributed by atoms with Crippen LogP contribution in [0.25, 0.3) is 6.08 Å². The van der Waals surface area contributed by atoms with Crippen LogP contribution in [0.15, 0.2) is 53.0 Å². The molecule has 0 aromatic heterocycles. The molecule has 0 atom stereocenters. The topological polar surface area (TPSA) is 29.1 Å². The molecule has 0 aliphatic rings. The number of hydrogen-bond donors (Lipinski definition) is 1. The van der Waals surface area contributed by atoms with Crippen molar-refractivity contribution in [1.29, 1.82) is 0 Å². The van der Waals surface area contributed by atoms with Crippen LogP contribution < -0.4 is 5.32 Å². The van der Waals surface area contributed by atoms with Crippen LogP contribution in [0.3, 0.4) is 0 Å². The average Bonchev–Trinajstić information content (AvgIpc) is 2.40. The van der Waals surface area contributed by atoms with Gasteiger partial charge in [-0.05, 0) is 51.8 Å². The monoisotopic (exact) mass is 369 g/mol. The van der Waals surface area contributed by atoms with Gasteiger partial charge in [-0.2, -0.15) is 0 Å². The summed E-state index contributed by atoms with van der Waals surface area (Å²) in [7, 11) is 0. The molecule has 2 nitrogen and oxygen atoms in total. The molecule has 0 aliphatic carbocycles. The van der Waals surface area contributed by atoms with Gasteiger partial charge in [0.2, 0.25) is 5.91 Å².